The van der Waals surface area contributed by atoms with Crippen molar-refractivity contribution in [3.63, 3.8) is 0 Å². The van der Waals surface area contributed by atoms with Gasteiger partial charge in [-0.05, 0) is 39.0 Å². The predicted octanol–water partition coefficient (Wildman–Crippen LogP) is 1.38. The summed E-state index contributed by atoms with van der Waals surface area (Å²) in [7, 11) is -6.31. The molecule has 1 saturated heterocycles. The fourth-order valence-corrected chi connectivity index (χ4v) is 6.29. The molecule has 0 aromatic rings. The summed E-state index contributed by atoms with van der Waals surface area (Å²) < 4.78 is 91.6. The maximum absolute atomic E-state index is 13.4. The van der Waals surface area contributed by atoms with Crippen LogP contribution in [0.1, 0.15) is 51.9 Å². The second-order valence-corrected chi connectivity index (χ2v) is 11.7. The van der Waals surface area contributed by atoms with Crippen molar-refractivity contribution in [1.82, 2.24) is 0 Å². The molecule has 2 bridgehead atoms. The number of carbonyl (C=O) groups excluding carboxylic acids is 4. The minimum Gasteiger partial charge on any atom is -0.743 e. The summed E-state index contributed by atoms with van der Waals surface area (Å²) in [5, 5.41) is -5.29. The average molecular weight is 556 g/mol. The van der Waals surface area contributed by atoms with Gasteiger partial charge in [0.25, 0.3) is 0 Å². The molecule has 4 fully saturated rings. The van der Waals surface area contributed by atoms with Crippen LogP contribution in [-0.2, 0) is 48.2 Å². The van der Waals surface area contributed by atoms with Gasteiger partial charge in [0.1, 0.15) is 24.4 Å². The first-order valence-corrected chi connectivity index (χ1v) is 13.3. The first-order valence-electron chi connectivity index (χ1n) is 11.9. The van der Waals surface area contributed by atoms with E-state index in [0.29, 0.717) is 19.3 Å². The Labute approximate surface area is 210 Å². The predicted molar refractivity (Wildman–Crippen MR) is 111 cm³/mol. The number of ether oxygens (including phenoxy) is 4. The average Bonchev–Trinajstić information content (AvgIpc) is 3.53. The summed E-state index contributed by atoms with van der Waals surface area (Å²) in [5.74, 6) is -5.71. The van der Waals surface area contributed by atoms with E-state index in [1.54, 1.807) is 0 Å². The van der Waals surface area contributed by atoms with Crippen molar-refractivity contribution >= 4 is 34.0 Å². The molecule has 3 aliphatic carbocycles. The lowest BCUT2D eigenvalue weighted by molar-refractivity contribution is -0.173. The van der Waals surface area contributed by atoms with E-state index in [4.69, 9.17) is 14.2 Å². The van der Waals surface area contributed by atoms with Crippen molar-refractivity contribution in [2.24, 2.45) is 23.7 Å². The SMILES string of the molecule is CC1(OC(=O)C2C3CC4C(OC(=O)C42)C3OC(=O)CCC(=O)OCC(F)C(F)(F)S(=O)(=O)[O-])CCCC1. The van der Waals surface area contributed by atoms with Gasteiger partial charge in [-0.15, -0.1) is 0 Å². The molecule has 0 aromatic carbocycles. The fraction of sp³-hybridized carbons (Fsp3) is 0.818. The van der Waals surface area contributed by atoms with E-state index in [1.165, 1.54) is 0 Å². The Balaban J connectivity index is 1.30. The molecule has 0 aromatic heterocycles. The van der Waals surface area contributed by atoms with Gasteiger partial charge in [0, 0.05) is 11.8 Å². The first kappa shape index (κ1) is 27.6. The molecule has 37 heavy (non-hydrogen) atoms. The third-order valence-electron chi connectivity index (χ3n) is 7.72. The molecular formula is C22H26F3O11S-. The Morgan fingerprint density at radius 3 is 2.41 bits per heavy atom. The molecule has 0 amide bonds. The lowest BCUT2D eigenvalue weighted by Crippen LogP contribution is -2.45. The van der Waals surface area contributed by atoms with Crippen LogP contribution in [0.3, 0.4) is 0 Å². The molecule has 0 spiro atoms. The second kappa shape index (κ2) is 9.71. The van der Waals surface area contributed by atoms with E-state index in [0.717, 1.165) is 12.8 Å². The molecule has 0 radical (unpaired) electrons. The van der Waals surface area contributed by atoms with Crippen LogP contribution in [0.15, 0.2) is 0 Å². The smallest absolute Gasteiger partial charge is 0.368 e. The summed E-state index contributed by atoms with van der Waals surface area (Å²) in [4.78, 5) is 49.6. The van der Waals surface area contributed by atoms with Crippen LogP contribution in [0.25, 0.3) is 0 Å². The van der Waals surface area contributed by atoms with E-state index in [9.17, 15) is 45.3 Å². The van der Waals surface area contributed by atoms with Crippen LogP contribution in [0.2, 0.25) is 0 Å². The minimum atomic E-state index is -6.31. The summed E-state index contributed by atoms with van der Waals surface area (Å²) in [6, 6.07) is 0. The standard InChI is InChI=1S/C22H27F3O11S/c1-21(6-2-3-7-21)36-20(29)16-11-8-10-15(16)19(28)35-18(10)17(11)34-14(27)5-4-13(26)33-9-12(23)22(24,25)37(30,31)32/h10-12,15-18H,2-9H2,1H3,(H,30,31,32)/p-1. The van der Waals surface area contributed by atoms with Crippen molar-refractivity contribution in [1.29, 1.82) is 0 Å². The zero-order valence-electron chi connectivity index (χ0n) is 19.7. The van der Waals surface area contributed by atoms with Crippen molar-refractivity contribution < 1.29 is 64.3 Å². The quantitative estimate of drug-likeness (QED) is 0.217. The van der Waals surface area contributed by atoms with E-state index in [-0.39, 0.29) is 5.92 Å². The highest BCUT2D eigenvalue weighted by atomic mass is 32.2. The highest BCUT2D eigenvalue weighted by molar-refractivity contribution is 7.86. The van der Waals surface area contributed by atoms with Crippen molar-refractivity contribution in [3.05, 3.63) is 0 Å². The molecule has 1 aliphatic heterocycles. The van der Waals surface area contributed by atoms with Crippen LogP contribution in [0.4, 0.5) is 13.2 Å². The highest BCUT2D eigenvalue weighted by Gasteiger charge is 2.70. The molecule has 7 atom stereocenters. The Hall–Kier alpha value is -2.42. The topological polar surface area (TPSA) is 162 Å². The third kappa shape index (κ3) is 5.16. The number of halogens is 3. The van der Waals surface area contributed by atoms with E-state index >= 15 is 0 Å². The highest BCUT2D eigenvalue weighted by Crippen LogP contribution is 2.59. The Bertz CT molecular complexity index is 1070. The maximum atomic E-state index is 13.4. The van der Waals surface area contributed by atoms with E-state index in [2.05, 4.69) is 4.74 Å². The van der Waals surface area contributed by atoms with Gasteiger partial charge in [0.2, 0.25) is 6.17 Å². The molecule has 4 aliphatic rings. The number of carbonyl (C=O) groups is 4. The van der Waals surface area contributed by atoms with Gasteiger partial charge >= 0.3 is 29.1 Å². The molecule has 4 rings (SSSR count). The van der Waals surface area contributed by atoms with Gasteiger partial charge in [-0.25, -0.2) is 12.8 Å². The first-order chi connectivity index (χ1) is 17.1. The molecular weight excluding hydrogens is 529 g/mol. The maximum Gasteiger partial charge on any atom is 0.368 e. The molecule has 11 nitrogen and oxygen atoms in total. The van der Waals surface area contributed by atoms with Crippen LogP contribution in [0.5, 0.6) is 0 Å². The number of hydrogen-bond donors (Lipinski definition) is 0. The molecule has 0 N–H and O–H groups in total. The lowest BCUT2D eigenvalue weighted by atomic mass is 9.78. The number of rotatable bonds is 10. The van der Waals surface area contributed by atoms with Crippen molar-refractivity contribution in [3.8, 4) is 0 Å². The van der Waals surface area contributed by atoms with Crippen molar-refractivity contribution in [2.75, 3.05) is 6.61 Å². The van der Waals surface area contributed by atoms with E-state index in [1.807, 2.05) is 6.92 Å². The van der Waals surface area contributed by atoms with Crippen LogP contribution in [-0.4, -0.2) is 72.7 Å². The van der Waals surface area contributed by atoms with Crippen molar-refractivity contribution in [2.45, 2.75) is 81.1 Å². The van der Waals surface area contributed by atoms with Gasteiger partial charge in [-0.3, -0.25) is 19.2 Å². The third-order valence-corrected chi connectivity index (χ3v) is 8.64. The molecule has 1 heterocycles. The van der Waals surface area contributed by atoms with Gasteiger partial charge < -0.3 is 23.5 Å². The molecule has 7 unspecified atom stereocenters. The molecule has 3 saturated carbocycles. The monoisotopic (exact) mass is 555 g/mol. The summed E-state index contributed by atoms with van der Waals surface area (Å²) in [6.07, 6.45) is -2.95. The zero-order chi connectivity index (χ0) is 27.3. The Kier molecular flexibility index (Phi) is 7.25. The van der Waals surface area contributed by atoms with Gasteiger partial charge in [-0.2, -0.15) is 8.78 Å². The lowest BCUT2D eigenvalue weighted by Gasteiger charge is -2.33. The molecule has 208 valence electrons. The normalized spacial score (nSPS) is 32.6. The van der Waals surface area contributed by atoms with Gasteiger partial charge in [0.05, 0.1) is 24.7 Å². The summed E-state index contributed by atoms with van der Waals surface area (Å²) >= 11 is 0. The van der Waals surface area contributed by atoms with E-state index < -0.39 is 100 Å². The van der Waals surface area contributed by atoms with Crippen LogP contribution < -0.4 is 0 Å². The van der Waals surface area contributed by atoms with Crippen LogP contribution >= 0.6 is 0 Å². The van der Waals surface area contributed by atoms with Gasteiger partial charge in [0.15, 0.2) is 10.1 Å². The zero-order valence-corrected chi connectivity index (χ0v) is 20.5. The second-order valence-electron chi connectivity index (χ2n) is 10.2. The largest absolute Gasteiger partial charge is 0.743 e. The summed E-state index contributed by atoms with van der Waals surface area (Å²) in [5.41, 5.74) is -0.617. The Morgan fingerprint density at radius 1 is 1.16 bits per heavy atom. The summed E-state index contributed by atoms with van der Waals surface area (Å²) in [6.45, 7) is 0.125. The van der Waals surface area contributed by atoms with Crippen LogP contribution in [0, 0.1) is 23.7 Å². The number of esters is 4. The Morgan fingerprint density at radius 2 is 1.78 bits per heavy atom. The number of fused-ring (bicyclic) bond motifs is 1. The molecule has 15 heteroatoms. The van der Waals surface area contributed by atoms with Gasteiger partial charge in [-0.1, -0.05) is 0 Å². The number of alkyl halides is 3. The minimum absolute atomic E-state index is 0.324. The number of hydrogen-bond acceptors (Lipinski definition) is 11. The fourth-order valence-electron chi connectivity index (χ4n) is 5.91.